The number of carbonyl (C=O) groups excluding carboxylic acids is 1. The van der Waals surface area contributed by atoms with Gasteiger partial charge < -0.3 is 15.5 Å². The fraction of sp³-hybridized carbons (Fsp3) is 0.583. The van der Waals surface area contributed by atoms with Crippen molar-refractivity contribution >= 4 is 33.0 Å². The minimum atomic E-state index is -0.684. The molecule has 1 heterocycles. The molecular formula is C12H18BrNO3S. The maximum Gasteiger partial charge on any atom is 0.174 e. The highest BCUT2D eigenvalue weighted by Crippen LogP contribution is 2.23. The molecule has 0 aliphatic carbocycles. The van der Waals surface area contributed by atoms with Gasteiger partial charge in [-0.1, -0.05) is 6.92 Å². The fourth-order valence-corrected chi connectivity index (χ4v) is 2.89. The summed E-state index contributed by atoms with van der Waals surface area (Å²) in [6, 6.07) is 3.64. The number of thiophene rings is 1. The summed E-state index contributed by atoms with van der Waals surface area (Å²) in [6.07, 6.45) is 0.966. The molecule has 0 aromatic carbocycles. The van der Waals surface area contributed by atoms with Crippen LogP contribution in [-0.4, -0.2) is 41.3 Å². The van der Waals surface area contributed by atoms with Crippen molar-refractivity contribution in [3.63, 3.8) is 0 Å². The van der Waals surface area contributed by atoms with Crippen molar-refractivity contribution in [2.75, 3.05) is 19.8 Å². The standard InChI is InChI=1S/C12H18BrNO3S/c1-2-12(7-15,8-16)14-6-5-9(17)10-3-4-11(13)18-10/h3-4,14-16H,2,5-8H2,1H3. The van der Waals surface area contributed by atoms with Crippen LogP contribution in [0.4, 0.5) is 0 Å². The Morgan fingerprint density at radius 3 is 2.56 bits per heavy atom. The fourth-order valence-electron chi connectivity index (χ4n) is 1.54. The number of ketones is 1. The zero-order chi connectivity index (χ0) is 13.6. The van der Waals surface area contributed by atoms with E-state index in [1.54, 1.807) is 6.07 Å². The molecule has 102 valence electrons. The average Bonchev–Trinajstić information content (AvgIpc) is 2.82. The molecule has 0 saturated heterocycles. The summed E-state index contributed by atoms with van der Waals surface area (Å²) in [7, 11) is 0. The Hall–Kier alpha value is -0.270. The van der Waals surface area contributed by atoms with Gasteiger partial charge in [-0.3, -0.25) is 4.79 Å². The lowest BCUT2D eigenvalue weighted by molar-refractivity contribution is 0.0838. The molecule has 3 N–H and O–H groups in total. The summed E-state index contributed by atoms with van der Waals surface area (Å²) in [4.78, 5) is 12.6. The van der Waals surface area contributed by atoms with E-state index in [1.165, 1.54) is 11.3 Å². The van der Waals surface area contributed by atoms with Crippen LogP contribution < -0.4 is 5.32 Å². The first-order chi connectivity index (χ1) is 8.56. The van der Waals surface area contributed by atoms with E-state index in [9.17, 15) is 15.0 Å². The summed E-state index contributed by atoms with van der Waals surface area (Å²) in [6.45, 7) is 2.05. The Labute approximate surface area is 119 Å². The average molecular weight is 336 g/mol. The van der Waals surface area contributed by atoms with Crippen LogP contribution in [0.5, 0.6) is 0 Å². The number of hydrogen-bond donors (Lipinski definition) is 3. The highest BCUT2D eigenvalue weighted by molar-refractivity contribution is 9.11. The molecule has 0 unspecified atom stereocenters. The second-order valence-electron chi connectivity index (χ2n) is 4.15. The maximum absolute atomic E-state index is 11.8. The molecule has 6 heteroatoms. The minimum Gasteiger partial charge on any atom is -0.394 e. The topological polar surface area (TPSA) is 69.6 Å². The maximum atomic E-state index is 11.8. The van der Waals surface area contributed by atoms with Gasteiger partial charge in [0.25, 0.3) is 0 Å². The van der Waals surface area contributed by atoms with Crippen molar-refractivity contribution in [3.8, 4) is 0 Å². The predicted octanol–water partition coefficient (Wildman–Crippen LogP) is 1.81. The second-order valence-corrected chi connectivity index (χ2v) is 6.62. The molecule has 1 rings (SSSR count). The van der Waals surface area contributed by atoms with E-state index in [0.717, 1.165) is 8.66 Å². The van der Waals surface area contributed by atoms with Crippen molar-refractivity contribution < 1.29 is 15.0 Å². The summed E-state index contributed by atoms with van der Waals surface area (Å²) >= 11 is 4.73. The smallest absolute Gasteiger partial charge is 0.174 e. The van der Waals surface area contributed by atoms with Gasteiger partial charge in [-0.15, -0.1) is 11.3 Å². The number of aliphatic hydroxyl groups excluding tert-OH is 2. The van der Waals surface area contributed by atoms with Gasteiger partial charge in [-0.25, -0.2) is 0 Å². The third-order valence-electron chi connectivity index (χ3n) is 2.98. The Balaban J connectivity index is 2.44. The van der Waals surface area contributed by atoms with Gasteiger partial charge in [0.2, 0.25) is 0 Å². The minimum absolute atomic E-state index is 0.0686. The van der Waals surface area contributed by atoms with E-state index in [0.29, 0.717) is 19.4 Å². The molecule has 0 aliphatic rings. The predicted molar refractivity (Wildman–Crippen MR) is 76.2 cm³/mol. The highest BCUT2D eigenvalue weighted by atomic mass is 79.9. The Bertz CT molecular complexity index is 382. The Kier molecular flexibility index (Phi) is 6.45. The SMILES string of the molecule is CCC(CO)(CO)NCCC(=O)c1ccc(Br)s1. The van der Waals surface area contributed by atoms with E-state index in [1.807, 2.05) is 13.0 Å². The number of aliphatic hydroxyl groups is 2. The van der Waals surface area contributed by atoms with Gasteiger partial charge in [-0.2, -0.15) is 0 Å². The number of halogens is 1. The first-order valence-corrected chi connectivity index (χ1v) is 7.43. The van der Waals surface area contributed by atoms with E-state index >= 15 is 0 Å². The lowest BCUT2D eigenvalue weighted by atomic mass is 9.98. The second kappa shape index (κ2) is 7.35. The molecule has 18 heavy (non-hydrogen) atoms. The van der Waals surface area contributed by atoms with E-state index in [2.05, 4.69) is 21.2 Å². The van der Waals surface area contributed by atoms with Crippen molar-refractivity contribution in [1.29, 1.82) is 0 Å². The van der Waals surface area contributed by atoms with Crippen LogP contribution in [0.3, 0.4) is 0 Å². The van der Waals surface area contributed by atoms with Crippen LogP contribution in [-0.2, 0) is 0 Å². The normalized spacial score (nSPS) is 11.8. The molecule has 0 saturated carbocycles. The van der Waals surface area contributed by atoms with Gasteiger partial charge in [0.1, 0.15) is 0 Å². The van der Waals surface area contributed by atoms with Gasteiger partial charge in [0.15, 0.2) is 5.78 Å². The molecule has 4 nitrogen and oxygen atoms in total. The molecule has 0 atom stereocenters. The Morgan fingerprint density at radius 2 is 2.11 bits per heavy atom. The lowest BCUT2D eigenvalue weighted by Gasteiger charge is -2.29. The molecule has 1 aromatic rings. The van der Waals surface area contributed by atoms with Crippen molar-refractivity contribution in [2.24, 2.45) is 0 Å². The third kappa shape index (κ3) is 4.13. The number of carbonyl (C=O) groups is 1. The van der Waals surface area contributed by atoms with Crippen LogP contribution in [0.1, 0.15) is 29.4 Å². The van der Waals surface area contributed by atoms with Gasteiger partial charge >= 0.3 is 0 Å². The van der Waals surface area contributed by atoms with E-state index in [4.69, 9.17) is 0 Å². The summed E-state index contributed by atoms with van der Waals surface area (Å²) < 4.78 is 0.937. The molecule has 1 aromatic heterocycles. The third-order valence-corrected chi connectivity index (χ3v) is 4.65. The molecular weight excluding hydrogens is 318 g/mol. The van der Waals surface area contributed by atoms with Gasteiger partial charge in [0, 0.05) is 13.0 Å². The van der Waals surface area contributed by atoms with Crippen LogP contribution >= 0.6 is 27.3 Å². The van der Waals surface area contributed by atoms with Crippen LogP contribution in [0, 0.1) is 0 Å². The molecule has 0 radical (unpaired) electrons. The summed E-state index contributed by atoms with van der Waals surface area (Å²) in [5, 5.41) is 21.6. The van der Waals surface area contributed by atoms with Crippen molar-refractivity contribution in [3.05, 3.63) is 20.8 Å². The van der Waals surface area contributed by atoms with E-state index in [-0.39, 0.29) is 19.0 Å². The van der Waals surface area contributed by atoms with Crippen LogP contribution in [0.2, 0.25) is 0 Å². The molecule has 0 fully saturated rings. The van der Waals surface area contributed by atoms with Crippen LogP contribution in [0.15, 0.2) is 15.9 Å². The number of rotatable bonds is 8. The zero-order valence-electron chi connectivity index (χ0n) is 10.3. The molecule has 0 amide bonds. The first kappa shape index (κ1) is 15.8. The van der Waals surface area contributed by atoms with Crippen LogP contribution in [0.25, 0.3) is 0 Å². The zero-order valence-corrected chi connectivity index (χ0v) is 12.7. The highest BCUT2D eigenvalue weighted by Gasteiger charge is 2.25. The van der Waals surface area contributed by atoms with Gasteiger partial charge in [-0.05, 0) is 34.5 Å². The quantitative estimate of drug-likeness (QED) is 0.633. The first-order valence-electron chi connectivity index (χ1n) is 5.82. The lowest BCUT2D eigenvalue weighted by Crippen LogP contribution is -2.51. The summed E-state index contributed by atoms with van der Waals surface area (Å²) in [5.41, 5.74) is -0.684. The molecule has 0 bridgehead atoms. The van der Waals surface area contributed by atoms with E-state index < -0.39 is 5.54 Å². The largest absolute Gasteiger partial charge is 0.394 e. The Morgan fingerprint density at radius 1 is 1.44 bits per heavy atom. The van der Waals surface area contributed by atoms with Crippen molar-refractivity contribution in [2.45, 2.75) is 25.3 Å². The monoisotopic (exact) mass is 335 g/mol. The van der Waals surface area contributed by atoms with Gasteiger partial charge in [0.05, 0.1) is 27.4 Å². The summed E-state index contributed by atoms with van der Waals surface area (Å²) in [5.74, 6) is 0.0686. The van der Waals surface area contributed by atoms with Crippen molar-refractivity contribution in [1.82, 2.24) is 5.32 Å². The molecule has 0 spiro atoms. The number of hydrogen-bond acceptors (Lipinski definition) is 5. The molecule has 0 aliphatic heterocycles. The number of Topliss-reactive ketones (excluding diaryl/α,β-unsaturated/α-hetero) is 1. The number of nitrogens with one attached hydrogen (secondary N) is 1.